The lowest BCUT2D eigenvalue weighted by molar-refractivity contribution is 0.0888. The van der Waals surface area contributed by atoms with E-state index in [1.54, 1.807) is 0 Å². The molecule has 4 heteroatoms. The molecule has 0 amide bonds. The van der Waals surface area contributed by atoms with E-state index in [2.05, 4.69) is 30.3 Å². The lowest BCUT2D eigenvalue weighted by Gasteiger charge is -2.33. The fourth-order valence-electron chi connectivity index (χ4n) is 3.29. The Bertz CT molecular complexity index is 472. The smallest absolute Gasteiger partial charge is 0.143 e. The lowest BCUT2D eigenvalue weighted by Crippen LogP contribution is -2.35. The second-order valence-corrected chi connectivity index (χ2v) is 6.07. The van der Waals surface area contributed by atoms with Gasteiger partial charge >= 0.3 is 0 Å². The van der Waals surface area contributed by atoms with Gasteiger partial charge in [0.25, 0.3) is 0 Å². The van der Waals surface area contributed by atoms with Crippen LogP contribution in [0.1, 0.15) is 31.4 Å². The van der Waals surface area contributed by atoms with Crippen LogP contribution in [-0.4, -0.2) is 37.9 Å². The first-order valence-corrected chi connectivity index (χ1v) is 7.55. The lowest BCUT2D eigenvalue weighted by atomic mass is 9.88. The van der Waals surface area contributed by atoms with E-state index in [0.717, 1.165) is 49.5 Å². The van der Waals surface area contributed by atoms with E-state index in [9.17, 15) is 5.11 Å². The summed E-state index contributed by atoms with van der Waals surface area (Å²) < 4.78 is 5.85. The van der Waals surface area contributed by atoms with Gasteiger partial charge in [-0.1, -0.05) is 6.07 Å². The molecule has 1 fully saturated rings. The molecule has 0 spiro atoms. The maximum atomic E-state index is 10.6. The standard InChI is InChI=1S/C16H24N2O2/c1-11-10-18(2)14-9-13(3-4-15(14)20-11)16(19)12-5-7-17-8-6-12/h3-4,9,11-12,16-17,19H,5-8,10H2,1-2H3. The van der Waals surface area contributed by atoms with Crippen LogP contribution < -0.4 is 15.0 Å². The average Bonchev–Trinajstić information content (AvgIpc) is 2.47. The summed E-state index contributed by atoms with van der Waals surface area (Å²) in [6.07, 6.45) is 1.94. The van der Waals surface area contributed by atoms with Crippen molar-refractivity contribution in [2.45, 2.75) is 32.0 Å². The van der Waals surface area contributed by atoms with Crippen molar-refractivity contribution in [2.24, 2.45) is 5.92 Å². The predicted octanol–water partition coefficient (Wildman–Crippen LogP) is 1.94. The molecule has 2 atom stereocenters. The number of hydrogen-bond donors (Lipinski definition) is 2. The molecule has 2 N–H and O–H groups in total. The SMILES string of the molecule is CC1CN(C)c2cc(C(O)C3CCNCC3)ccc2O1. The summed E-state index contributed by atoms with van der Waals surface area (Å²) in [7, 11) is 2.08. The number of ether oxygens (including phenoxy) is 1. The minimum Gasteiger partial charge on any atom is -0.487 e. The molecular formula is C16H24N2O2. The van der Waals surface area contributed by atoms with Crippen LogP contribution >= 0.6 is 0 Å². The van der Waals surface area contributed by atoms with E-state index < -0.39 is 0 Å². The number of nitrogens with zero attached hydrogens (tertiary/aromatic N) is 1. The van der Waals surface area contributed by atoms with Crippen LogP contribution in [0.25, 0.3) is 0 Å². The molecule has 2 heterocycles. The molecule has 4 nitrogen and oxygen atoms in total. The molecular weight excluding hydrogens is 252 g/mol. The number of fused-ring (bicyclic) bond motifs is 1. The van der Waals surface area contributed by atoms with Gasteiger partial charge in [-0.25, -0.2) is 0 Å². The topological polar surface area (TPSA) is 44.7 Å². The summed E-state index contributed by atoms with van der Waals surface area (Å²) in [5.41, 5.74) is 2.11. The number of likely N-dealkylation sites (N-methyl/N-ethyl adjacent to an activating group) is 1. The first kappa shape index (κ1) is 13.7. The molecule has 20 heavy (non-hydrogen) atoms. The zero-order chi connectivity index (χ0) is 14.1. The van der Waals surface area contributed by atoms with Gasteiger partial charge in [0, 0.05) is 7.05 Å². The van der Waals surface area contributed by atoms with E-state index in [1.165, 1.54) is 0 Å². The number of hydrogen-bond acceptors (Lipinski definition) is 4. The second-order valence-electron chi connectivity index (χ2n) is 6.07. The molecule has 2 unspecified atom stereocenters. The zero-order valence-electron chi connectivity index (χ0n) is 12.3. The van der Waals surface area contributed by atoms with Crippen molar-refractivity contribution < 1.29 is 9.84 Å². The van der Waals surface area contributed by atoms with Crippen molar-refractivity contribution in [3.8, 4) is 5.75 Å². The Hall–Kier alpha value is -1.26. The van der Waals surface area contributed by atoms with Gasteiger partial charge in [0.2, 0.25) is 0 Å². The summed E-state index contributed by atoms with van der Waals surface area (Å²) in [5, 5.41) is 13.9. The van der Waals surface area contributed by atoms with Gasteiger partial charge in [-0.2, -0.15) is 0 Å². The summed E-state index contributed by atoms with van der Waals surface area (Å²) in [5.74, 6) is 1.29. The van der Waals surface area contributed by atoms with E-state index in [4.69, 9.17) is 4.74 Å². The van der Waals surface area contributed by atoms with Crippen LogP contribution in [0.5, 0.6) is 5.75 Å². The molecule has 0 aromatic heterocycles. The summed E-state index contributed by atoms with van der Waals surface area (Å²) in [4.78, 5) is 2.21. The largest absolute Gasteiger partial charge is 0.487 e. The molecule has 0 radical (unpaired) electrons. The van der Waals surface area contributed by atoms with Gasteiger partial charge < -0.3 is 20.1 Å². The highest BCUT2D eigenvalue weighted by Gasteiger charge is 2.26. The highest BCUT2D eigenvalue weighted by Crippen LogP contribution is 2.37. The number of piperidine rings is 1. The van der Waals surface area contributed by atoms with Crippen molar-refractivity contribution >= 4 is 5.69 Å². The van der Waals surface area contributed by atoms with Crippen molar-refractivity contribution in [3.63, 3.8) is 0 Å². The third-order valence-electron chi connectivity index (χ3n) is 4.43. The van der Waals surface area contributed by atoms with E-state index in [1.807, 2.05) is 12.1 Å². The van der Waals surface area contributed by atoms with Crippen LogP contribution in [0.15, 0.2) is 18.2 Å². The fraction of sp³-hybridized carbons (Fsp3) is 0.625. The van der Waals surface area contributed by atoms with Crippen molar-refractivity contribution in [1.29, 1.82) is 0 Å². The van der Waals surface area contributed by atoms with Gasteiger partial charge in [-0.05, 0) is 56.5 Å². The number of aliphatic hydroxyl groups excluding tert-OH is 1. The average molecular weight is 276 g/mol. The quantitative estimate of drug-likeness (QED) is 0.866. The van der Waals surface area contributed by atoms with E-state index >= 15 is 0 Å². The molecule has 0 saturated carbocycles. The number of rotatable bonds is 2. The summed E-state index contributed by atoms with van der Waals surface area (Å²) in [6.45, 7) is 4.98. The second kappa shape index (κ2) is 5.62. The molecule has 2 aliphatic heterocycles. The van der Waals surface area contributed by atoms with Crippen LogP contribution in [0.4, 0.5) is 5.69 Å². The van der Waals surface area contributed by atoms with E-state index in [0.29, 0.717) is 5.92 Å². The van der Waals surface area contributed by atoms with Crippen molar-refractivity contribution in [2.75, 3.05) is 31.6 Å². The van der Waals surface area contributed by atoms with Crippen LogP contribution in [0.3, 0.4) is 0 Å². The highest BCUT2D eigenvalue weighted by atomic mass is 16.5. The maximum Gasteiger partial charge on any atom is 0.143 e. The Balaban J connectivity index is 1.82. The molecule has 2 aliphatic rings. The Morgan fingerprint density at radius 2 is 2.10 bits per heavy atom. The van der Waals surface area contributed by atoms with Gasteiger partial charge in [0.15, 0.2) is 0 Å². The normalized spacial score (nSPS) is 24.9. The van der Waals surface area contributed by atoms with Gasteiger partial charge in [-0.3, -0.25) is 0 Å². The minimum atomic E-state index is -0.366. The van der Waals surface area contributed by atoms with Crippen molar-refractivity contribution in [3.05, 3.63) is 23.8 Å². The Kier molecular flexibility index (Phi) is 3.85. The summed E-state index contributed by atoms with van der Waals surface area (Å²) in [6, 6.07) is 6.10. The highest BCUT2D eigenvalue weighted by molar-refractivity contribution is 5.61. The monoisotopic (exact) mass is 276 g/mol. The summed E-state index contributed by atoms with van der Waals surface area (Å²) >= 11 is 0. The van der Waals surface area contributed by atoms with Gasteiger partial charge in [0.05, 0.1) is 18.3 Å². The number of nitrogens with one attached hydrogen (secondary N) is 1. The molecule has 1 aromatic rings. The van der Waals surface area contributed by atoms with Crippen LogP contribution in [0, 0.1) is 5.92 Å². The third-order valence-corrected chi connectivity index (χ3v) is 4.43. The number of anilines is 1. The number of aliphatic hydroxyl groups is 1. The molecule has 0 bridgehead atoms. The minimum absolute atomic E-state index is 0.215. The van der Waals surface area contributed by atoms with E-state index in [-0.39, 0.29) is 12.2 Å². The Morgan fingerprint density at radius 1 is 1.35 bits per heavy atom. The van der Waals surface area contributed by atoms with Crippen LogP contribution in [-0.2, 0) is 0 Å². The fourth-order valence-corrected chi connectivity index (χ4v) is 3.29. The first-order valence-electron chi connectivity index (χ1n) is 7.55. The molecule has 1 aromatic carbocycles. The molecule has 1 saturated heterocycles. The van der Waals surface area contributed by atoms with Gasteiger partial charge in [-0.15, -0.1) is 0 Å². The maximum absolute atomic E-state index is 10.6. The predicted molar refractivity (Wildman–Crippen MR) is 80.4 cm³/mol. The molecule has 110 valence electrons. The first-order chi connectivity index (χ1) is 9.65. The molecule has 3 rings (SSSR count). The molecule has 0 aliphatic carbocycles. The van der Waals surface area contributed by atoms with Crippen LogP contribution in [0.2, 0.25) is 0 Å². The van der Waals surface area contributed by atoms with Gasteiger partial charge in [0.1, 0.15) is 11.9 Å². The zero-order valence-corrected chi connectivity index (χ0v) is 12.3. The van der Waals surface area contributed by atoms with Crippen molar-refractivity contribution in [1.82, 2.24) is 5.32 Å². The Morgan fingerprint density at radius 3 is 2.85 bits per heavy atom. The third kappa shape index (κ3) is 2.63. The number of benzene rings is 1. The Labute approximate surface area is 120 Å².